The third-order valence-corrected chi connectivity index (χ3v) is 4.38. The van der Waals surface area contributed by atoms with E-state index in [1.807, 2.05) is 35.4 Å². The lowest BCUT2D eigenvalue weighted by atomic mass is 10.1. The van der Waals surface area contributed by atoms with Gasteiger partial charge >= 0.3 is 0 Å². The molecule has 0 heterocycles. The molecule has 0 spiro atoms. The van der Waals surface area contributed by atoms with E-state index in [2.05, 4.69) is 6.92 Å². The quantitative estimate of drug-likeness (QED) is 0.754. The highest BCUT2D eigenvalue weighted by Crippen LogP contribution is 2.18. The molecule has 5 heteroatoms. The molecule has 0 aliphatic heterocycles. The molecule has 0 bridgehead atoms. The van der Waals surface area contributed by atoms with Crippen LogP contribution >= 0.6 is 23.4 Å². The number of hydrogen-bond acceptors (Lipinski definition) is 3. The summed E-state index contributed by atoms with van der Waals surface area (Å²) in [6, 6.07) is 7.23. The Balaban J connectivity index is 2.75. The van der Waals surface area contributed by atoms with Gasteiger partial charge in [0.05, 0.1) is 6.04 Å². The molecule has 0 aromatic heterocycles. The molecule has 0 fully saturated rings. The summed E-state index contributed by atoms with van der Waals surface area (Å²) in [6.07, 6.45) is 4.76. The van der Waals surface area contributed by atoms with Gasteiger partial charge in [0.2, 0.25) is 5.91 Å². The molecule has 0 aliphatic carbocycles. The van der Waals surface area contributed by atoms with Crippen LogP contribution in [-0.2, 0) is 11.3 Å². The number of unbranched alkanes of at least 4 members (excludes halogenated alkanes) is 1. The van der Waals surface area contributed by atoms with Crippen molar-refractivity contribution in [2.45, 2.75) is 38.8 Å². The van der Waals surface area contributed by atoms with E-state index in [4.69, 9.17) is 17.3 Å². The predicted octanol–water partition coefficient (Wildman–Crippen LogP) is 3.55. The fourth-order valence-electron chi connectivity index (χ4n) is 2.05. The molecule has 1 amide bonds. The molecule has 0 saturated carbocycles. The summed E-state index contributed by atoms with van der Waals surface area (Å²) in [5.74, 6) is 0.929. The monoisotopic (exact) mass is 328 g/mol. The number of carbonyl (C=O) groups excluding carboxylic acids is 1. The third kappa shape index (κ3) is 6.29. The third-order valence-electron chi connectivity index (χ3n) is 3.36. The zero-order valence-corrected chi connectivity index (χ0v) is 14.4. The number of hydrogen-bond donors (Lipinski definition) is 1. The lowest BCUT2D eigenvalue weighted by molar-refractivity contribution is -0.133. The lowest BCUT2D eigenvalue weighted by Gasteiger charge is -2.26. The first-order valence-electron chi connectivity index (χ1n) is 7.36. The lowest BCUT2D eigenvalue weighted by Crippen LogP contribution is -2.44. The highest BCUT2D eigenvalue weighted by atomic mass is 35.5. The normalized spacial score (nSPS) is 12.2. The summed E-state index contributed by atoms with van der Waals surface area (Å²) in [5, 5.41) is 0.699. The first-order chi connectivity index (χ1) is 10.1. The molecule has 0 aliphatic rings. The summed E-state index contributed by atoms with van der Waals surface area (Å²) in [4.78, 5) is 14.4. The maximum Gasteiger partial charge on any atom is 0.239 e. The van der Waals surface area contributed by atoms with Crippen LogP contribution in [0.25, 0.3) is 0 Å². The topological polar surface area (TPSA) is 46.3 Å². The van der Waals surface area contributed by atoms with Crippen LogP contribution in [0.15, 0.2) is 24.3 Å². The molecule has 1 atom stereocenters. The van der Waals surface area contributed by atoms with Crippen molar-refractivity contribution >= 4 is 29.3 Å². The summed E-state index contributed by atoms with van der Waals surface area (Å²) < 4.78 is 0. The molecule has 0 radical (unpaired) electrons. The van der Waals surface area contributed by atoms with Crippen molar-refractivity contribution in [3.63, 3.8) is 0 Å². The second kappa shape index (κ2) is 10.1. The second-order valence-corrected chi connectivity index (χ2v) is 6.49. The highest BCUT2D eigenvalue weighted by molar-refractivity contribution is 7.98. The smallest absolute Gasteiger partial charge is 0.239 e. The zero-order valence-electron chi connectivity index (χ0n) is 12.8. The Kier molecular flexibility index (Phi) is 8.81. The van der Waals surface area contributed by atoms with Crippen molar-refractivity contribution in [1.29, 1.82) is 0 Å². The van der Waals surface area contributed by atoms with Gasteiger partial charge in [-0.2, -0.15) is 11.8 Å². The van der Waals surface area contributed by atoms with Gasteiger partial charge in [0, 0.05) is 18.1 Å². The summed E-state index contributed by atoms with van der Waals surface area (Å²) in [7, 11) is 0. The van der Waals surface area contributed by atoms with Gasteiger partial charge in [-0.05, 0) is 36.5 Å². The van der Waals surface area contributed by atoms with Gasteiger partial charge in [-0.15, -0.1) is 0 Å². The van der Waals surface area contributed by atoms with Gasteiger partial charge < -0.3 is 10.6 Å². The van der Waals surface area contributed by atoms with Gasteiger partial charge in [-0.1, -0.05) is 43.1 Å². The Morgan fingerprint density at radius 2 is 2.14 bits per heavy atom. The van der Waals surface area contributed by atoms with Crippen molar-refractivity contribution in [2.24, 2.45) is 5.73 Å². The van der Waals surface area contributed by atoms with E-state index in [-0.39, 0.29) is 5.91 Å². The molecule has 118 valence electrons. The minimum atomic E-state index is -0.420. The Labute approximate surface area is 137 Å². The van der Waals surface area contributed by atoms with Gasteiger partial charge in [-0.25, -0.2) is 0 Å². The maximum atomic E-state index is 12.5. The molecule has 1 aromatic carbocycles. The van der Waals surface area contributed by atoms with Crippen LogP contribution in [0.2, 0.25) is 5.02 Å². The summed E-state index contributed by atoms with van der Waals surface area (Å²) in [6.45, 7) is 3.38. The van der Waals surface area contributed by atoms with E-state index in [0.717, 1.165) is 30.7 Å². The Morgan fingerprint density at radius 1 is 1.43 bits per heavy atom. The van der Waals surface area contributed by atoms with Gasteiger partial charge in [0.15, 0.2) is 0 Å². The van der Waals surface area contributed by atoms with Crippen LogP contribution in [0, 0.1) is 0 Å². The second-order valence-electron chi connectivity index (χ2n) is 5.09. The SMILES string of the molecule is CCCCN(Cc1ccccc1Cl)C(=O)[C@@H](N)CCSC. The first-order valence-corrected chi connectivity index (χ1v) is 9.14. The van der Waals surface area contributed by atoms with Crippen LogP contribution in [-0.4, -0.2) is 35.4 Å². The summed E-state index contributed by atoms with van der Waals surface area (Å²) >= 11 is 7.91. The molecule has 1 aromatic rings. The molecule has 3 nitrogen and oxygen atoms in total. The molecule has 0 unspecified atom stereocenters. The van der Waals surface area contributed by atoms with Crippen molar-refractivity contribution in [2.75, 3.05) is 18.6 Å². The number of rotatable bonds is 9. The van der Waals surface area contributed by atoms with Crippen molar-refractivity contribution in [3.05, 3.63) is 34.9 Å². The minimum absolute atomic E-state index is 0.0254. The van der Waals surface area contributed by atoms with Crippen LogP contribution in [0.5, 0.6) is 0 Å². The minimum Gasteiger partial charge on any atom is -0.337 e. The van der Waals surface area contributed by atoms with E-state index in [9.17, 15) is 4.79 Å². The number of nitrogens with zero attached hydrogens (tertiary/aromatic N) is 1. The van der Waals surface area contributed by atoms with E-state index < -0.39 is 6.04 Å². The van der Waals surface area contributed by atoms with E-state index in [1.54, 1.807) is 11.8 Å². The molecular formula is C16H25ClN2OS. The molecule has 2 N–H and O–H groups in total. The zero-order chi connectivity index (χ0) is 15.7. The molecule has 21 heavy (non-hydrogen) atoms. The van der Waals surface area contributed by atoms with Crippen molar-refractivity contribution in [1.82, 2.24) is 4.90 Å². The first kappa shape index (κ1) is 18.3. The number of benzene rings is 1. The van der Waals surface area contributed by atoms with Crippen LogP contribution < -0.4 is 5.73 Å². The Bertz CT molecular complexity index is 442. The molecule has 0 saturated heterocycles. The van der Waals surface area contributed by atoms with Crippen molar-refractivity contribution in [3.8, 4) is 0 Å². The summed E-state index contributed by atoms with van der Waals surface area (Å²) in [5.41, 5.74) is 7.00. The van der Waals surface area contributed by atoms with Gasteiger partial charge in [0.25, 0.3) is 0 Å². The van der Waals surface area contributed by atoms with E-state index in [0.29, 0.717) is 18.0 Å². The van der Waals surface area contributed by atoms with Crippen LogP contribution in [0.4, 0.5) is 0 Å². The fourth-order valence-corrected chi connectivity index (χ4v) is 2.74. The van der Waals surface area contributed by atoms with Gasteiger partial charge in [0.1, 0.15) is 0 Å². The number of halogens is 1. The number of amides is 1. The average Bonchev–Trinajstić information content (AvgIpc) is 2.50. The average molecular weight is 329 g/mol. The van der Waals surface area contributed by atoms with Crippen LogP contribution in [0.3, 0.4) is 0 Å². The molecule has 1 rings (SSSR count). The number of nitrogens with two attached hydrogens (primary N) is 1. The van der Waals surface area contributed by atoms with Crippen LogP contribution in [0.1, 0.15) is 31.7 Å². The Hall–Kier alpha value is -0.710. The number of carbonyl (C=O) groups is 1. The largest absolute Gasteiger partial charge is 0.337 e. The van der Waals surface area contributed by atoms with Gasteiger partial charge in [-0.3, -0.25) is 4.79 Å². The predicted molar refractivity (Wildman–Crippen MR) is 92.8 cm³/mol. The molecular weight excluding hydrogens is 304 g/mol. The van der Waals surface area contributed by atoms with E-state index >= 15 is 0 Å². The van der Waals surface area contributed by atoms with E-state index in [1.165, 1.54) is 0 Å². The number of thioether (sulfide) groups is 1. The standard InChI is InChI=1S/C16H25ClN2OS/c1-3-4-10-19(16(20)15(18)9-11-21-2)12-13-7-5-6-8-14(13)17/h5-8,15H,3-4,9-12,18H2,1-2H3/t15-/m0/s1. The maximum absolute atomic E-state index is 12.5. The van der Waals surface area contributed by atoms with Crippen molar-refractivity contribution < 1.29 is 4.79 Å². The highest BCUT2D eigenvalue weighted by Gasteiger charge is 2.21. The fraction of sp³-hybridized carbons (Fsp3) is 0.562. The Morgan fingerprint density at radius 3 is 2.76 bits per heavy atom.